The zero-order valence-electron chi connectivity index (χ0n) is 14.6. The third kappa shape index (κ3) is 5.73. The van der Waals surface area contributed by atoms with Crippen LogP contribution in [0.15, 0.2) is 0 Å². The zero-order chi connectivity index (χ0) is 16.8. The minimum Gasteiger partial charge on any atom is -0.336 e. The van der Waals surface area contributed by atoms with E-state index >= 15 is 0 Å². The molecule has 1 aliphatic carbocycles. The standard InChI is InChI=1S/C16H29N5OS/c1-5-21(6-2)13(9-11(3)4)10-17-15(22)18-16-20-19-14(23-16)12-7-8-12/h11-13H,5-10H2,1-4H3,(H2,17,18,20,22)/t13-/m0/s1. The fourth-order valence-corrected chi connectivity index (χ4v) is 3.69. The van der Waals surface area contributed by atoms with Gasteiger partial charge in [-0.1, -0.05) is 39.0 Å². The molecule has 1 heterocycles. The van der Waals surface area contributed by atoms with E-state index in [1.165, 1.54) is 24.2 Å². The number of anilines is 1. The number of carbonyl (C=O) groups is 1. The molecule has 130 valence electrons. The van der Waals surface area contributed by atoms with Crippen LogP contribution in [0.25, 0.3) is 0 Å². The molecule has 0 spiro atoms. The molecule has 2 rings (SSSR count). The van der Waals surface area contributed by atoms with Crippen molar-refractivity contribution in [2.24, 2.45) is 5.92 Å². The molecule has 1 aliphatic rings. The summed E-state index contributed by atoms with van der Waals surface area (Å²) in [5.74, 6) is 1.18. The van der Waals surface area contributed by atoms with Crippen molar-refractivity contribution in [1.29, 1.82) is 0 Å². The quantitative estimate of drug-likeness (QED) is 0.724. The molecule has 6 nitrogen and oxygen atoms in total. The predicted molar refractivity (Wildman–Crippen MR) is 95.1 cm³/mol. The second kappa shape index (κ2) is 8.59. The van der Waals surface area contributed by atoms with E-state index in [1.54, 1.807) is 0 Å². The van der Waals surface area contributed by atoms with Gasteiger partial charge in [-0.2, -0.15) is 0 Å². The summed E-state index contributed by atoms with van der Waals surface area (Å²) in [7, 11) is 0. The Morgan fingerprint density at radius 3 is 2.57 bits per heavy atom. The fourth-order valence-electron chi connectivity index (χ4n) is 2.78. The minimum atomic E-state index is -0.190. The number of carbonyl (C=O) groups excluding carboxylic acids is 1. The summed E-state index contributed by atoms with van der Waals surface area (Å²) in [5, 5.41) is 15.6. The fraction of sp³-hybridized carbons (Fsp3) is 0.812. The molecule has 0 saturated heterocycles. The molecule has 0 radical (unpaired) electrons. The van der Waals surface area contributed by atoms with Crippen LogP contribution in [-0.2, 0) is 0 Å². The van der Waals surface area contributed by atoms with Crippen molar-refractivity contribution in [3.05, 3.63) is 5.01 Å². The van der Waals surface area contributed by atoms with Crippen molar-refractivity contribution in [3.63, 3.8) is 0 Å². The number of rotatable bonds is 9. The van der Waals surface area contributed by atoms with Crippen LogP contribution in [0, 0.1) is 5.92 Å². The summed E-state index contributed by atoms with van der Waals surface area (Å²) >= 11 is 1.49. The van der Waals surface area contributed by atoms with Crippen LogP contribution in [0.1, 0.15) is 57.9 Å². The molecular formula is C16H29N5OS. The van der Waals surface area contributed by atoms with E-state index in [2.05, 4.69) is 53.4 Å². The van der Waals surface area contributed by atoms with Crippen LogP contribution in [0.2, 0.25) is 0 Å². The van der Waals surface area contributed by atoms with Crippen molar-refractivity contribution in [2.45, 2.75) is 58.9 Å². The summed E-state index contributed by atoms with van der Waals surface area (Å²) in [6.07, 6.45) is 3.47. The second-order valence-electron chi connectivity index (χ2n) is 6.56. The first-order valence-corrected chi connectivity index (χ1v) is 9.47. The Bertz CT molecular complexity index is 496. The monoisotopic (exact) mass is 339 g/mol. The number of likely N-dealkylation sites (N-methyl/N-ethyl adjacent to an activating group) is 1. The molecule has 1 atom stereocenters. The lowest BCUT2D eigenvalue weighted by atomic mass is 10.0. The Kier molecular flexibility index (Phi) is 6.77. The summed E-state index contributed by atoms with van der Waals surface area (Å²) in [6.45, 7) is 11.4. The van der Waals surface area contributed by atoms with Gasteiger partial charge < -0.3 is 5.32 Å². The van der Waals surface area contributed by atoms with Crippen LogP contribution < -0.4 is 10.6 Å². The van der Waals surface area contributed by atoms with Gasteiger partial charge in [-0.3, -0.25) is 10.2 Å². The summed E-state index contributed by atoms with van der Waals surface area (Å²) in [4.78, 5) is 14.5. The zero-order valence-corrected chi connectivity index (χ0v) is 15.4. The predicted octanol–water partition coefficient (Wildman–Crippen LogP) is 3.29. The van der Waals surface area contributed by atoms with Crippen molar-refractivity contribution in [3.8, 4) is 0 Å². The average molecular weight is 340 g/mol. The lowest BCUT2D eigenvalue weighted by Crippen LogP contribution is -2.45. The Morgan fingerprint density at radius 1 is 1.30 bits per heavy atom. The van der Waals surface area contributed by atoms with Gasteiger partial charge in [0.1, 0.15) is 5.01 Å². The molecule has 1 aromatic rings. The Balaban J connectivity index is 1.81. The van der Waals surface area contributed by atoms with E-state index in [1.807, 2.05) is 0 Å². The molecule has 2 amide bonds. The van der Waals surface area contributed by atoms with Crippen molar-refractivity contribution in [2.75, 3.05) is 25.0 Å². The summed E-state index contributed by atoms with van der Waals surface area (Å²) in [5.41, 5.74) is 0. The first kappa shape index (κ1) is 18.1. The maximum atomic E-state index is 12.1. The molecule has 7 heteroatoms. The third-order valence-corrected chi connectivity index (χ3v) is 5.16. The maximum absolute atomic E-state index is 12.1. The molecular weight excluding hydrogens is 310 g/mol. The SMILES string of the molecule is CCN(CC)[C@H](CNC(=O)Nc1nnc(C2CC2)s1)CC(C)C. The highest BCUT2D eigenvalue weighted by molar-refractivity contribution is 7.15. The van der Waals surface area contributed by atoms with Gasteiger partial charge in [0, 0.05) is 18.5 Å². The topological polar surface area (TPSA) is 70.2 Å². The van der Waals surface area contributed by atoms with Crippen LogP contribution in [0.4, 0.5) is 9.93 Å². The molecule has 2 N–H and O–H groups in total. The van der Waals surface area contributed by atoms with Gasteiger partial charge in [-0.25, -0.2) is 4.79 Å². The van der Waals surface area contributed by atoms with E-state index in [0.717, 1.165) is 24.5 Å². The number of hydrogen-bond donors (Lipinski definition) is 2. The maximum Gasteiger partial charge on any atom is 0.321 e. The highest BCUT2D eigenvalue weighted by Crippen LogP contribution is 2.41. The van der Waals surface area contributed by atoms with E-state index in [0.29, 0.717) is 29.6 Å². The third-order valence-electron chi connectivity index (χ3n) is 4.16. The lowest BCUT2D eigenvalue weighted by molar-refractivity contribution is 0.186. The molecule has 0 bridgehead atoms. The van der Waals surface area contributed by atoms with Crippen LogP contribution in [0.3, 0.4) is 0 Å². The van der Waals surface area contributed by atoms with Gasteiger partial charge in [0.25, 0.3) is 0 Å². The lowest BCUT2D eigenvalue weighted by Gasteiger charge is -2.31. The Hall–Kier alpha value is -1.21. The Labute approximate surface area is 143 Å². The van der Waals surface area contributed by atoms with E-state index in [4.69, 9.17) is 0 Å². The van der Waals surface area contributed by atoms with Crippen molar-refractivity contribution < 1.29 is 4.79 Å². The largest absolute Gasteiger partial charge is 0.336 e. The van der Waals surface area contributed by atoms with E-state index in [-0.39, 0.29) is 6.03 Å². The molecule has 23 heavy (non-hydrogen) atoms. The van der Waals surface area contributed by atoms with E-state index < -0.39 is 0 Å². The second-order valence-corrected chi connectivity index (χ2v) is 7.57. The summed E-state index contributed by atoms with van der Waals surface area (Å²) < 4.78 is 0. The van der Waals surface area contributed by atoms with Crippen LogP contribution >= 0.6 is 11.3 Å². The number of urea groups is 1. The summed E-state index contributed by atoms with van der Waals surface area (Å²) in [6, 6.07) is 0.177. The van der Waals surface area contributed by atoms with Gasteiger partial charge >= 0.3 is 6.03 Å². The Morgan fingerprint density at radius 2 is 2.00 bits per heavy atom. The van der Waals surface area contributed by atoms with Gasteiger partial charge in [-0.15, -0.1) is 10.2 Å². The normalized spacial score (nSPS) is 15.9. The van der Waals surface area contributed by atoms with E-state index in [9.17, 15) is 4.79 Å². The van der Waals surface area contributed by atoms with Crippen LogP contribution in [-0.4, -0.2) is 46.8 Å². The minimum absolute atomic E-state index is 0.190. The molecule has 1 aromatic heterocycles. The van der Waals surface area contributed by atoms with Crippen LogP contribution in [0.5, 0.6) is 0 Å². The number of aromatic nitrogens is 2. The smallest absolute Gasteiger partial charge is 0.321 e. The molecule has 0 unspecified atom stereocenters. The highest BCUT2D eigenvalue weighted by Gasteiger charge is 2.27. The average Bonchev–Trinajstić information content (AvgIpc) is 3.26. The van der Waals surface area contributed by atoms with Gasteiger partial charge in [0.05, 0.1) is 0 Å². The van der Waals surface area contributed by atoms with Gasteiger partial charge in [0.15, 0.2) is 0 Å². The van der Waals surface area contributed by atoms with Gasteiger partial charge in [-0.05, 0) is 38.3 Å². The molecule has 0 aliphatic heterocycles. The first-order valence-electron chi connectivity index (χ1n) is 8.65. The molecule has 0 aromatic carbocycles. The number of nitrogens with one attached hydrogen (secondary N) is 2. The first-order chi connectivity index (χ1) is 11.0. The number of amides is 2. The number of hydrogen-bond acceptors (Lipinski definition) is 5. The number of nitrogens with zero attached hydrogens (tertiary/aromatic N) is 3. The van der Waals surface area contributed by atoms with Crippen molar-refractivity contribution >= 4 is 22.5 Å². The molecule has 1 saturated carbocycles. The van der Waals surface area contributed by atoms with Gasteiger partial charge in [0.2, 0.25) is 5.13 Å². The van der Waals surface area contributed by atoms with Crippen molar-refractivity contribution in [1.82, 2.24) is 20.4 Å². The highest BCUT2D eigenvalue weighted by atomic mass is 32.1. The molecule has 1 fully saturated rings.